The van der Waals surface area contributed by atoms with Gasteiger partial charge in [0.05, 0.1) is 11.7 Å². The number of benzene rings is 1. The van der Waals surface area contributed by atoms with E-state index < -0.39 is 6.04 Å². The summed E-state index contributed by atoms with van der Waals surface area (Å²) in [7, 11) is 0. The van der Waals surface area contributed by atoms with Gasteiger partial charge in [-0.3, -0.25) is 19.0 Å². The van der Waals surface area contributed by atoms with Crippen LogP contribution in [0.25, 0.3) is 10.2 Å². The third-order valence-electron chi connectivity index (χ3n) is 5.59. The zero-order valence-corrected chi connectivity index (χ0v) is 18.5. The zero-order chi connectivity index (χ0) is 22.0. The molecule has 1 unspecified atom stereocenters. The molecule has 1 aliphatic carbocycles. The van der Waals surface area contributed by atoms with Gasteiger partial charge in [0, 0.05) is 30.3 Å². The normalized spacial score (nSPS) is 14.4. The van der Waals surface area contributed by atoms with Crippen LogP contribution in [0.4, 0.5) is 0 Å². The van der Waals surface area contributed by atoms with E-state index in [0.29, 0.717) is 11.8 Å². The van der Waals surface area contributed by atoms with Crippen LogP contribution >= 0.6 is 11.3 Å². The summed E-state index contributed by atoms with van der Waals surface area (Å²) in [6.45, 7) is 4.10. The molecule has 0 spiro atoms. The highest BCUT2D eigenvalue weighted by atomic mass is 32.1. The number of aryl methyl sites for hydroxylation is 3. The van der Waals surface area contributed by atoms with Crippen LogP contribution in [0.1, 0.15) is 35.3 Å². The molecular weight excluding hydrogens is 412 g/mol. The maximum atomic E-state index is 12.8. The van der Waals surface area contributed by atoms with E-state index in [2.05, 4.69) is 15.6 Å². The van der Waals surface area contributed by atoms with Gasteiger partial charge in [0.25, 0.3) is 5.56 Å². The molecule has 1 fully saturated rings. The molecular formula is C23H26N4O3S. The highest BCUT2D eigenvalue weighted by molar-refractivity contribution is 7.18. The van der Waals surface area contributed by atoms with E-state index in [1.54, 1.807) is 0 Å². The lowest BCUT2D eigenvalue weighted by atomic mass is 10.0. The summed E-state index contributed by atoms with van der Waals surface area (Å²) in [4.78, 5) is 44.3. The molecule has 2 N–H and O–H groups in total. The Kier molecular flexibility index (Phi) is 6.18. The van der Waals surface area contributed by atoms with Crippen LogP contribution in [-0.4, -0.2) is 33.4 Å². The lowest BCUT2D eigenvalue weighted by Gasteiger charge is -2.19. The van der Waals surface area contributed by atoms with Crippen molar-refractivity contribution >= 4 is 33.4 Å². The molecule has 2 heterocycles. The zero-order valence-electron chi connectivity index (χ0n) is 17.7. The van der Waals surface area contributed by atoms with Gasteiger partial charge in [-0.05, 0) is 37.8 Å². The topological polar surface area (TPSA) is 93.1 Å². The van der Waals surface area contributed by atoms with Crippen LogP contribution in [-0.2, 0) is 22.6 Å². The Balaban J connectivity index is 1.43. The van der Waals surface area contributed by atoms with Gasteiger partial charge >= 0.3 is 0 Å². The second-order valence-corrected chi connectivity index (χ2v) is 9.25. The van der Waals surface area contributed by atoms with Crippen molar-refractivity contribution in [3.63, 3.8) is 0 Å². The standard InChI is InChI=1S/C23H26N4O3S/c1-14-15(2)31-22-20(14)23(30)27(13-24-22)11-10-19(28)26-18(21(29)25-17-8-9-17)12-16-6-4-3-5-7-16/h3-7,13,17-18H,8-12H2,1-2H3,(H,25,29)(H,26,28). The molecule has 1 saturated carbocycles. The number of carbonyl (C=O) groups is 2. The Labute approximate surface area is 184 Å². The Bertz CT molecular complexity index is 1160. The molecule has 2 amide bonds. The van der Waals surface area contributed by atoms with Crippen LogP contribution in [0.3, 0.4) is 0 Å². The van der Waals surface area contributed by atoms with Gasteiger partial charge in [-0.25, -0.2) is 4.98 Å². The Morgan fingerprint density at radius 3 is 2.68 bits per heavy atom. The van der Waals surface area contributed by atoms with Crippen molar-refractivity contribution in [2.45, 2.75) is 58.2 Å². The number of carbonyl (C=O) groups excluding carboxylic acids is 2. The Morgan fingerprint density at radius 2 is 1.97 bits per heavy atom. The van der Waals surface area contributed by atoms with Crippen LogP contribution in [0.15, 0.2) is 41.5 Å². The third-order valence-corrected chi connectivity index (χ3v) is 6.71. The average molecular weight is 439 g/mol. The van der Waals surface area contributed by atoms with Gasteiger partial charge in [-0.2, -0.15) is 0 Å². The Morgan fingerprint density at radius 1 is 1.23 bits per heavy atom. The van der Waals surface area contributed by atoms with Gasteiger partial charge in [-0.15, -0.1) is 11.3 Å². The number of hydrogen-bond acceptors (Lipinski definition) is 5. The summed E-state index contributed by atoms with van der Waals surface area (Å²) in [6.07, 6.45) is 3.98. The van der Waals surface area contributed by atoms with Crippen molar-refractivity contribution in [2.75, 3.05) is 0 Å². The minimum absolute atomic E-state index is 0.0945. The second kappa shape index (κ2) is 9.01. The molecule has 7 nitrogen and oxygen atoms in total. The molecule has 162 valence electrons. The van der Waals surface area contributed by atoms with Crippen LogP contribution in [0.2, 0.25) is 0 Å². The first-order chi connectivity index (χ1) is 14.9. The average Bonchev–Trinajstić information content (AvgIpc) is 3.51. The second-order valence-electron chi connectivity index (χ2n) is 8.05. The smallest absolute Gasteiger partial charge is 0.262 e. The minimum atomic E-state index is -0.644. The van der Waals surface area contributed by atoms with Crippen molar-refractivity contribution in [3.8, 4) is 0 Å². The molecule has 0 bridgehead atoms. The summed E-state index contributed by atoms with van der Waals surface area (Å²) in [5.74, 6) is -0.429. The fourth-order valence-electron chi connectivity index (χ4n) is 3.51. The number of rotatable bonds is 8. The van der Waals surface area contributed by atoms with Crippen molar-refractivity contribution in [1.29, 1.82) is 0 Å². The number of fused-ring (bicyclic) bond motifs is 1. The van der Waals surface area contributed by atoms with Gasteiger partial charge in [-0.1, -0.05) is 30.3 Å². The Hall–Kier alpha value is -3.00. The number of nitrogens with zero attached hydrogens (tertiary/aromatic N) is 2. The quantitative estimate of drug-likeness (QED) is 0.565. The van der Waals surface area contributed by atoms with E-state index in [0.717, 1.165) is 33.7 Å². The van der Waals surface area contributed by atoms with Crippen LogP contribution in [0, 0.1) is 13.8 Å². The molecule has 1 aromatic carbocycles. The number of hydrogen-bond donors (Lipinski definition) is 2. The predicted octanol–water partition coefficient (Wildman–Crippen LogP) is 2.47. The van der Waals surface area contributed by atoms with Gasteiger partial charge in [0.15, 0.2) is 0 Å². The summed E-state index contributed by atoms with van der Waals surface area (Å²) in [5, 5.41) is 6.45. The van der Waals surface area contributed by atoms with Gasteiger partial charge in [0.2, 0.25) is 11.8 Å². The first kappa shape index (κ1) is 21.2. The minimum Gasteiger partial charge on any atom is -0.352 e. The summed E-state index contributed by atoms with van der Waals surface area (Å²) in [6, 6.07) is 9.20. The molecule has 8 heteroatoms. The van der Waals surface area contributed by atoms with Crippen molar-refractivity contribution < 1.29 is 9.59 Å². The van der Waals surface area contributed by atoms with Crippen molar-refractivity contribution in [2.24, 2.45) is 0 Å². The van der Waals surface area contributed by atoms with E-state index in [4.69, 9.17) is 0 Å². The molecule has 3 aromatic rings. The fourth-order valence-corrected chi connectivity index (χ4v) is 4.49. The first-order valence-corrected chi connectivity index (χ1v) is 11.3. The summed E-state index contributed by atoms with van der Waals surface area (Å²) in [5.41, 5.74) is 1.79. The molecule has 0 aliphatic heterocycles. The maximum Gasteiger partial charge on any atom is 0.262 e. The van der Waals surface area contributed by atoms with Crippen molar-refractivity contribution in [1.82, 2.24) is 20.2 Å². The molecule has 1 aliphatic rings. The molecule has 4 rings (SSSR count). The fraction of sp³-hybridized carbons (Fsp3) is 0.391. The van der Waals surface area contributed by atoms with E-state index >= 15 is 0 Å². The highest BCUT2D eigenvalue weighted by Crippen LogP contribution is 2.25. The molecule has 2 aromatic heterocycles. The van der Waals surface area contributed by atoms with E-state index in [-0.39, 0.29) is 36.4 Å². The first-order valence-electron chi connectivity index (χ1n) is 10.5. The molecule has 0 saturated heterocycles. The predicted molar refractivity (Wildman–Crippen MR) is 121 cm³/mol. The SMILES string of the molecule is Cc1sc2ncn(CCC(=O)NC(Cc3ccccc3)C(=O)NC3CC3)c(=O)c2c1C. The number of aromatic nitrogens is 2. The van der Waals surface area contributed by atoms with E-state index in [9.17, 15) is 14.4 Å². The number of amides is 2. The molecule has 1 atom stereocenters. The van der Waals surface area contributed by atoms with Crippen LogP contribution in [0.5, 0.6) is 0 Å². The summed E-state index contributed by atoms with van der Waals surface area (Å²) >= 11 is 1.50. The number of nitrogens with one attached hydrogen (secondary N) is 2. The monoisotopic (exact) mass is 438 g/mol. The third kappa shape index (κ3) is 5.02. The van der Waals surface area contributed by atoms with E-state index in [1.165, 1.54) is 22.2 Å². The molecule has 31 heavy (non-hydrogen) atoms. The lowest BCUT2D eigenvalue weighted by molar-refractivity contribution is -0.129. The maximum absolute atomic E-state index is 12.8. The van der Waals surface area contributed by atoms with Crippen molar-refractivity contribution in [3.05, 3.63) is 63.0 Å². The number of thiophene rings is 1. The largest absolute Gasteiger partial charge is 0.352 e. The van der Waals surface area contributed by atoms with Crippen LogP contribution < -0.4 is 16.2 Å². The highest BCUT2D eigenvalue weighted by Gasteiger charge is 2.28. The summed E-state index contributed by atoms with van der Waals surface area (Å²) < 4.78 is 1.47. The van der Waals surface area contributed by atoms with Gasteiger partial charge < -0.3 is 10.6 Å². The lowest BCUT2D eigenvalue weighted by Crippen LogP contribution is -2.48. The molecule has 0 radical (unpaired) electrons. The van der Waals surface area contributed by atoms with Gasteiger partial charge in [0.1, 0.15) is 10.9 Å². The van der Waals surface area contributed by atoms with E-state index in [1.807, 2.05) is 44.2 Å².